The van der Waals surface area contributed by atoms with E-state index in [-0.39, 0.29) is 17.5 Å². The van der Waals surface area contributed by atoms with Crippen LogP contribution in [0.5, 0.6) is 5.88 Å². The first-order valence-corrected chi connectivity index (χ1v) is 8.33. The summed E-state index contributed by atoms with van der Waals surface area (Å²) in [5.74, 6) is -0.0981. The number of hydrogen-bond donors (Lipinski definition) is 0. The lowest BCUT2D eigenvalue weighted by Gasteiger charge is -2.17. The molecular formula is C15H15FN2O3S. The average Bonchev–Trinajstić information content (AvgIpc) is 2.97. The van der Waals surface area contributed by atoms with Crippen LogP contribution in [0, 0.1) is 5.82 Å². The number of hydrogen-bond acceptors (Lipinski definition) is 4. The van der Waals surface area contributed by atoms with Crippen molar-refractivity contribution in [1.29, 1.82) is 0 Å². The van der Waals surface area contributed by atoms with E-state index in [9.17, 15) is 12.8 Å². The van der Waals surface area contributed by atoms with Gasteiger partial charge in [-0.1, -0.05) is 12.1 Å². The van der Waals surface area contributed by atoms with Gasteiger partial charge in [0.05, 0.1) is 11.4 Å². The van der Waals surface area contributed by atoms with Crippen LogP contribution in [0.3, 0.4) is 0 Å². The van der Waals surface area contributed by atoms with E-state index in [0.29, 0.717) is 18.8 Å². The molecule has 1 aromatic heterocycles. The Morgan fingerprint density at radius 3 is 2.82 bits per heavy atom. The van der Waals surface area contributed by atoms with Gasteiger partial charge in [0.1, 0.15) is 11.9 Å². The predicted molar refractivity (Wildman–Crippen MR) is 78.4 cm³/mol. The molecule has 5 nitrogen and oxygen atoms in total. The van der Waals surface area contributed by atoms with Crippen LogP contribution >= 0.6 is 0 Å². The molecule has 2 aromatic rings. The molecule has 0 bridgehead atoms. The average molecular weight is 322 g/mol. The summed E-state index contributed by atoms with van der Waals surface area (Å²) >= 11 is 0. The number of ether oxygens (including phenoxy) is 1. The van der Waals surface area contributed by atoms with E-state index >= 15 is 0 Å². The molecule has 0 N–H and O–H groups in total. The zero-order valence-corrected chi connectivity index (χ0v) is 12.5. The van der Waals surface area contributed by atoms with Crippen molar-refractivity contribution in [3.63, 3.8) is 0 Å². The Balaban J connectivity index is 1.72. The molecule has 0 saturated carbocycles. The first kappa shape index (κ1) is 14.9. The van der Waals surface area contributed by atoms with Crippen LogP contribution in [0.4, 0.5) is 4.39 Å². The highest BCUT2D eigenvalue weighted by Gasteiger charge is 2.33. The molecule has 0 amide bonds. The molecule has 1 fully saturated rings. The summed E-state index contributed by atoms with van der Waals surface area (Å²) in [7, 11) is -3.69. The number of nitrogens with zero attached hydrogens (tertiary/aromatic N) is 2. The van der Waals surface area contributed by atoms with Gasteiger partial charge in [0.15, 0.2) is 0 Å². The van der Waals surface area contributed by atoms with Gasteiger partial charge in [-0.3, -0.25) is 0 Å². The van der Waals surface area contributed by atoms with E-state index in [1.165, 1.54) is 22.5 Å². The number of sulfonamides is 1. The molecule has 2 heterocycles. The second-order valence-corrected chi connectivity index (χ2v) is 6.95. The minimum absolute atomic E-state index is 0.0361. The Bertz CT molecular complexity index is 752. The molecule has 1 unspecified atom stereocenters. The van der Waals surface area contributed by atoms with Gasteiger partial charge in [-0.25, -0.2) is 17.8 Å². The van der Waals surface area contributed by atoms with Crippen LogP contribution < -0.4 is 4.74 Å². The number of benzene rings is 1. The summed E-state index contributed by atoms with van der Waals surface area (Å²) in [4.78, 5) is 4.02. The Hall–Kier alpha value is -1.99. The standard InChI is InChI=1S/C15H15FN2O3S/c16-12-4-3-5-14(10-12)22(19,20)18-9-7-13(11-18)21-15-6-1-2-8-17-15/h1-6,8,10,13H,7,9,11H2. The van der Waals surface area contributed by atoms with Gasteiger partial charge in [0.25, 0.3) is 0 Å². The van der Waals surface area contributed by atoms with Gasteiger partial charge < -0.3 is 4.74 Å². The van der Waals surface area contributed by atoms with Crippen molar-refractivity contribution in [1.82, 2.24) is 9.29 Å². The molecular weight excluding hydrogens is 307 g/mol. The minimum atomic E-state index is -3.69. The molecule has 3 rings (SSSR count). The Morgan fingerprint density at radius 2 is 2.09 bits per heavy atom. The highest BCUT2D eigenvalue weighted by molar-refractivity contribution is 7.89. The first-order chi connectivity index (χ1) is 10.6. The third-order valence-corrected chi connectivity index (χ3v) is 5.33. The van der Waals surface area contributed by atoms with Crippen LogP contribution in [-0.4, -0.2) is 36.9 Å². The molecule has 7 heteroatoms. The summed E-state index contributed by atoms with van der Waals surface area (Å²) in [6, 6.07) is 10.3. The van der Waals surface area contributed by atoms with Crippen LogP contribution in [-0.2, 0) is 10.0 Å². The van der Waals surface area contributed by atoms with Gasteiger partial charge in [-0.15, -0.1) is 0 Å². The molecule has 0 spiro atoms. The third-order valence-electron chi connectivity index (χ3n) is 3.47. The van der Waals surface area contributed by atoms with Crippen LogP contribution in [0.15, 0.2) is 53.6 Å². The van der Waals surface area contributed by atoms with Crippen LogP contribution in [0.25, 0.3) is 0 Å². The van der Waals surface area contributed by atoms with E-state index in [4.69, 9.17) is 4.74 Å². The van der Waals surface area contributed by atoms with E-state index < -0.39 is 15.8 Å². The Morgan fingerprint density at radius 1 is 1.23 bits per heavy atom. The fraction of sp³-hybridized carbons (Fsp3) is 0.267. The lowest BCUT2D eigenvalue weighted by Crippen LogP contribution is -2.31. The molecule has 0 radical (unpaired) electrons. The summed E-state index contributed by atoms with van der Waals surface area (Å²) in [6.07, 6.45) is 1.94. The SMILES string of the molecule is O=S(=O)(c1cccc(F)c1)N1CCC(Oc2ccccn2)C1. The molecule has 0 aliphatic carbocycles. The van der Waals surface area contributed by atoms with Crippen molar-refractivity contribution < 1.29 is 17.5 Å². The smallest absolute Gasteiger partial charge is 0.243 e. The van der Waals surface area contributed by atoms with Crippen LogP contribution in [0.1, 0.15) is 6.42 Å². The number of halogens is 1. The molecule has 1 aliphatic heterocycles. The van der Waals surface area contributed by atoms with Gasteiger partial charge >= 0.3 is 0 Å². The molecule has 116 valence electrons. The maximum Gasteiger partial charge on any atom is 0.243 e. The summed E-state index contributed by atoms with van der Waals surface area (Å²) < 4.78 is 45.2. The van der Waals surface area contributed by atoms with Crippen molar-refractivity contribution >= 4 is 10.0 Å². The fourth-order valence-electron chi connectivity index (χ4n) is 2.38. The normalized spacial score (nSPS) is 19.2. The predicted octanol–water partition coefficient (Wildman–Crippen LogP) is 2.06. The second-order valence-electron chi connectivity index (χ2n) is 5.02. The molecule has 1 saturated heterocycles. The summed E-state index contributed by atoms with van der Waals surface area (Å²) in [5.41, 5.74) is 0. The van der Waals surface area contributed by atoms with E-state index in [0.717, 1.165) is 6.07 Å². The van der Waals surface area contributed by atoms with Crippen molar-refractivity contribution in [3.8, 4) is 5.88 Å². The summed E-state index contributed by atoms with van der Waals surface area (Å²) in [6.45, 7) is 0.575. The highest BCUT2D eigenvalue weighted by atomic mass is 32.2. The van der Waals surface area contributed by atoms with Gasteiger partial charge in [0.2, 0.25) is 15.9 Å². The fourth-order valence-corrected chi connectivity index (χ4v) is 3.89. The topological polar surface area (TPSA) is 59.5 Å². The van der Waals surface area contributed by atoms with Gasteiger partial charge in [-0.2, -0.15) is 4.31 Å². The van der Waals surface area contributed by atoms with Crippen LogP contribution in [0.2, 0.25) is 0 Å². The maximum absolute atomic E-state index is 13.2. The van der Waals surface area contributed by atoms with E-state index in [1.54, 1.807) is 24.4 Å². The van der Waals surface area contributed by atoms with E-state index in [1.807, 2.05) is 0 Å². The van der Waals surface area contributed by atoms with Crippen molar-refractivity contribution in [3.05, 3.63) is 54.5 Å². The van der Waals surface area contributed by atoms with Crippen molar-refractivity contribution in [2.75, 3.05) is 13.1 Å². The van der Waals surface area contributed by atoms with Gasteiger partial charge in [-0.05, 0) is 30.7 Å². The lowest BCUT2D eigenvalue weighted by atomic mass is 10.3. The first-order valence-electron chi connectivity index (χ1n) is 6.89. The van der Waals surface area contributed by atoms with Gasteiger partial charge in [0, 0.05) is 18.8 Å². The zero-order valence-electron chi connectivity index (χ0n) is 11.7. The maximum atomic E-state index is 13.2. The summed E-state index contributed by atoms with van der Waals surface area (Å²) in [5, 5.41) is 0. The zero-order chi connectivity index (χ0) is 15.6. The lowest BCUT2D eigenvalue weighted by molar-refractivity contribution is 0.207. The Labute approximate surface area is 128 Å². The van der Waals surface area contributed by atoms with E-state index in [2.05, 4.69) is 4.98 Å². The quantitative estimate of drug-likeness (QED) is 0.864. The van der Waals surface area contributed by atoms with Crippen molar-refractivity contribution in [2.45, 2.75) is 17.4 Å². The van der Waals surface area contributed by atoms with Crippen molar-refractivity contribution in [2.24, 2.45) is 0 Å². The number of aromatic nitrogens is 1. The second kappa shape index (κ2) is 6.02. The largest absolute Gasteiger partial charge is 0.473 e. The minimum Gasteiger partial charge on any atom is -0.473 e. The molecule has 1 aromatic carbocycles. The third kappa shape index (κ3) is 3.10. The number of pyridine rings is 1. The molecule has 1 atom stereocenters. The number of rotatable bonds is 4. The monoisotopic (exact) mass is 322 g/mol. The highest BCUT2D eigenvalue weighted by Crippen LogP contribution is 2.23. The molecule has 22 heavy (non-hydrogen) atoms. The molecule has 1 aliphatic rings. The Kier molecular flexibility index (Phi) is 4.08.